The molecule has 0 aliphatic carbocycles. The van der Waals surface area contributed by atoms with Gasteiger partial charge in [0.1, 0.15) is 5.82 Å². The number of hydrogen-bond acceptors (Lipinski definition) is 4. The summed E-state index contributed by atoms with van der Waals surface area (Å²) in [5.74, 6) is -0.638. The van der Waals surface area contributed by atoms with E-state index in [1.807, 2.05) is 0 Å². The van der Waals surface area contributed by atoms with Crippen LogP contribution in [0, 0.1) is 5.82 Å². The molecule has 1 saturated heterocycles. The van der Waals surface area contributed by atoms with Crippen molar-refractivity contribution in [2.45, 2.75) is 45.1 Å². The van der Waals surface area contributed by atoms with Crippen LogP contribution in [-0.2, 0) is 14.3 Å². The maximum atomic E-state index is 14.2. The SMILES string of the molecule is C=CCCOC(=O)CCN1CCC(N(C(=O)CC)c2ccccc2F)CC1. The second-order valence-electron chi connectivity index (χ2n) is 6.69. The lowest BCUT2D eigenvalue weighted by molar-refractivity contribution is -0.143. The number of piperidine rings is 1. The van der Waals surface area contributed by atoms with Crippen molar-refractivity contribution in [1.29, 1.82) is 0 Å². The summed E-state index contributed by atoms with van der Waals surface area (Å²) in [6, 6.07) is 6.41. The van der Waals surface area contributed by atoms with Gasteiger partial charge in [-0.25, -0.2) is 4.39 Å². The molecule has 0 atom stereocenters. The zero-order chi connectivity index (χ0) is 19.6. The van der Waals surface area contributed by atoms with E-state index in [0.717, 1.165) is 25.9 Å². The van der Waals surface area contributed by atoms with E-state index in [9.17, 15) is 14.0 Å². The number of rotatable bonds is 9. The minimum Gasteiger partial charge on any atom is -0.465 e. The summed E-state index contributed by atoms with van der Waals surface area (Å²) in [7, 11) is 0. The number of para-hydroxylation sites is 1. The molecule has 0 aromatic heterocycles. The molecular formula is C21H29FN2O3. The highest BCUT2D eigenvalue weighted by atomic mass is 19.1. The van der Waals surface area contributed by atoms with E-state index in [1.54, 1.807) is 36.1 Å². The number of hydrogen-bond donors (Lipinski definition) is 0. The van der Waals surface area contributed by atoms with Crippen molar-refractivity contribution in [1.82, 2.24) is 4.90 Å². The van der Waals surface area contributed by atoms with Crippen LogP contribution in [0.5, 0.6) is 0 Å². The van der Waals surface area contributed by atoms with E-state index >= 15 is 0 Å². The normalized spacial score (nSPS) is 15.3. The third-order valence-corrected chi connectivity index (χ3v) is 4.82. The van der Waals surface area contributed by atoms with Gasteiger partial charge in [0.2, 0.25) is 5.91 Å². The molecule has 0 unspecified atom stereocenters. The van der Waals surface area contributed by atoms with Gasteiger partial charge in [-0.2, -0.15) is 0 Å². The van der Waals surface area contributed by atoms with Gasteiger partial charge < -0.3 is 14.5 Å². The number of nitrogens with zero attached hydrogens (tertiary/aromatic N) is 2. The number of ether oxygens (including phenoxy) is 1. The van der Waals surface area contributed by atoms with Crippen molar-refractivity contribution in [3.63, 3.8) is 0 Å². The number of carbonyl (C=O) groups is 2. The average Bonchev–Trinajstić information content (AvgIpc) is 2.69. The zero-order valence-corrected chi connectivity index (χ0v) is 16.0. The molecular weight excluding hydrogens is 347 g/mol. The Labute approximate surface area is 160 Å². The maximum absolute atomic E-state index is 14.2. The van der Waals surface area contributed by atoms with E-state index in [-0.39, 0.29) is 23.7 Å². The van der Waals surface area contributed by atoms with Gasteiger partial charge in [-0.15, -0.1) is 6.58 Å². The zero-order valence-electron chi connectivity index (χ0n) is 16.0. The Morgan fingerprint density at radius 3 is 2.67 bits per heavy atom. The lowest BCUT2D eigenvalue weighted by Gasteiger charge is -2.38. The van der Waals surface area contributed by atoms with E-state index in [0.29, 0.717) is 38.1 Å². The molecule has 1 aromatic rings. The Kier molecular flexibility index (Phi) is 8.45. The fraction of sp³-hybridized carbons (Fsp3) is 0.524. The van der Waals surface area contributed by atoms with Gasteiger partial charge in [0.15, 0.2) is 0 Å². The Balaban J connectivity index is 1.88. The van der Waals surface area contributed by atoms with Gasteiger partial charge in [-0.3, -0.25) is 9.59 Å². The predicted molar refractivity (Wildman–Crippen MR) is 104 cm³/mol. The molecule has 0 radical (unpaired) electrons. The summed E-state index contributed by atoms with van der Waals surface area (Å²) in [6.07, 6.45) is 4.58. The molecule has 27 heavy (non-hydrogen) atoms. The number of likely N-dealkylation sites (tertiary alicyclic amines) is 1. The largest absolute Gasteiger partial charge is 0.465 e. The first-order chi connectivity index (χ1) is 13.1. The number of benzene rings is 1. The molecule has 1 aliphatic rings. The van der Waals surface area contributed by atoms with Gasteiger partial charge in [-0.05, 0) is 31.4 Å². The van der Waals surface area contributed by atoms with E-state index in [4.69, 9.17) is 4.74 Å². The van der Waals surface area contributed by atoms with Crippen molar-refractivity contribution in [3.8, 4) is 0 Å². The minimum atomic E-state index is -0.371. The van der Waals surface area contributed by atoms with Gasteiger partial charge in [0.05, 0.1) is 18.7 Å². The van der Waals surface area contributed by atoms with Crippen molar-refractivity contribution in [3.05, 3.63) is 42.7 Å². The summed E-state index contributed by atoms with van der Waals surface area (Å²) in [4.78, 5) is 28.0. The second kappa shape index (κ2) is 10.8. The Bertz CT molecular complexity index is 642. The monoisotopic (exact) mass is 376 g/mol. The number of carbonyl (C=O) groups excluding carboxylic acids is 2. The van der Waals surface area contributed by atoms with Gasteiger partial charge in [-0.1, -0.05) is 25.1 Å². The molecule has 6 heteroatoms. The van der Waals surface area contributed by atoms with E-state index < -0.39 is 0 Å². The summed E-state index contributed by atoms with van der Waals surface area (Å²) < 4.78 is 19.4. The number of amides is 1. The fourth-order valence-electron chi connectivity index (χ4n) is 3.33. The molecule has 1 amide bonds. The van der Waals surface area contributed by atoms with E-state index in [1.165, 1.54) is 6.07 Å². The van der Waals surface area contributed by atoms with Crippen LogP contribution in [0.1, 0.15) is 39.0 Å². The molecule has 148 valence electrons. The van der Waals surface area contributed by atoms with Crippen LogP contribution < -0.4 is 4.90 Å². The van der Waals surface area contributed by atoms with E-state index in [2.05, 4.69) is 11.5 Å². The quantitative estimate of drug-likeness (QED) is 0.376. The molecule has 0 spiro atoms. The van der Waals surface area contributed by atoms with Gasteiger partial charge in [0, 0.05) is 32.1 Å². The molecule has 0 saturated carbocycles. The lowest BCUT2D eigenvalue weighted by Crippen LogP contribution is -2.48. The van der Waals surface area contributed by atoms with Crippen LogP contribution in [0.4, 0.5) is 10.1 Å². The molecule has 0 bridgehead atoms. The highest BCUT2D eigenvalue weighted by Gasteiger charge is 2.29. The molecule has 1 fully saturated rings. The van der Waals surface area contributed by atoms with Gasteiger partial charge >= 0.3 is 5.97 Å². The number of anilines is 1. The summed E-state index contributed by atoms with van der Waals surface area (Å²) >= 11 is 0. The molecule has 1 heterocycles. The predicted octanol–water partition coefficient (Wildman–Crippen LogP) is 3.54. The van der Waals surface area contributed by atoms with Crippen LogP contribution in [0.3, 0.4) is 0 Å². The number of halogens is 1. The Morgan fingerprint density at radius 1 is 1.33 bits per heavy atom. The van der Waals surface area contributed by atoms with Crippen LogP contribution >= 0.6 is 0 Å². The third kappa shape index (κ3) is 6.17. The topological polar surface area (TPSA) is 49.9 Å². The minimum absolute atomic E-state index is 0.0230. The first kappa shape index (κ1) is 21.1. The van der Waals surface area contributed by atoms with Crippen LogP contribution in [-0.4, -0.2) is 49.1 Å². The highest BCUT2D eigenvalue weighted by molar-refractivity contribution is 5.93. The molecule has 1 aliphatic heterocycles. The molecule has 2 rings (SSSR count). The molecule has 5 nitrogen and oxygen atoms in total. The standard InChI is InChI=1S/C21H29FN2O3/c1-3-5-16-27-21(26)12-15-23-13-10-17(11-14-23)24(20(25)4-2)19-9-7-6-8-18(19)22/h3,6-9,17H,1,4-5,10-16H2,2H3. The average molecular weight is 376 g/mol. The Morgan fingerprint density at radius 2 is 2.04 bits per heavy atom. The summed E-state index contributed by atoms with van der Waals surface area (Å²) in [6.45, 7) is 7.94. The smallest absolute Gasteiger partial charge is 0.307 e. The third-order valence-electron chi connectivity index (χ3n) is 4.82. The maximum Gasteiger partial charge on any atom is 0.307 e. The second-order valence-corrected chi connectivity index (χ2v) is 6.69. The van der Waals surface area contributed by atoms with Crippen molar-refractivity contribution < 1.29 is 18.7 Å². The first-order valence-corrected chi connectivity index (χ1v) is 9.62. The van der Waals surface area contributed by atoms with Crippen LogP contribution in [0.15, 0.2) is 36.9 Å². The summed E-state index contributed by atoms with van der Waals surface area (Å²) in [5.41, 5.74) is 0.355. The van der Waals surface area contributed by atoms with Crippen molar-refractivity contribution in [2.24, 2.45) is 0 Å². The molecule has 1 aromatic carbocycles. The summed E-state index contributed by atoms with van der Waals surface area (Å²) in [5, 5.41) is 0. The van der Waals surface area contributed by atoms with Crippen molar-refractivity contribution in [2.75, 3.05) is 31.1 Å². The first-order valence-electron chi connectivity index (χ1n) is 9.62. The highest BCUT2D eigenvalue weighted by Crippen LogP contribution is 2.27. The lowest BCUT2D eigenvalue weighted by atomic mass is 10.0. The van der Waals surface area contributed by atoms with Crippen molar-refractivity contribution >= 4 is 17.6 Å². The Hall–Kier alpha value is -2.21. The number of esters is 1. The van der Waals surface area contributed by atoms with Crippen LogP contribution in [0.2, 0.25) is 0 Å². The van der Waals surface area contributed by atoms with Crippen LogP contribution in [0.25, 0.3) is 0 Å². The fourth-order valence-corrected chi connectivity index (χ4v) is 3.33. The molecule has 0 N–H and O–H groups in total. The van der Waals surface area contributed by atoms with Gasteiger partial charge in [0.25, 0.3) is 0 Å².